The number of sulfonamides is 1. The van der Waals surface area contributed by atoms with Crippen molar-refractivity contribution in [2.75, 3.05) is 24.5 Å². The Hall–Kier alpha value is -3.85. The van der Waals surface area contributed by atoms with Gasteiger partial charge >= 0.3 is 0 Å². The van der Waals surface area contributed by atoms with Crippen LogP contribution in [0.2, 0.25) is 0 Å². The summed E-state index contributed by atoms with van der Waals surface area (Å²) in [5.41, 5.74) is 2.25. The molecule has 9 heteroatoms. The Morgan fingerprint density at radius 2 is 1.54 bits per heavy atom. The highest BCUT2D eigenvalue weighted by Gasteiger charge is 2.33. The van der Waals surface area contributed by atoms with E-state index in [1.165, 1.54) is 24.1 Å². The lowest BCUT2D eigenvalue weighted by atomic mass is 10.1. The van der Waals surface area contributed by atoms with Crippen LogP contribution in [0.5, 0.6) is 5.75 Å². The van der Waals surface area contributed by atoms with Crippen molar-refractivity contribution in [3.63, 3.8) is 0 Å². The van der Waals surface area contributed by atoms with Gasteiger partial charge in [0.2, 0.25) is 11.8 Å². The molecule has 3 rings (SSSR count). The fraction of sp³-hybridized carbons (Fsp3) is 0.375. The fourth-order valence-corrected chi connectivity index (χ4v) is 5.87. The number of anilines is 1. The third-order valence-corrected chi connectivity index (χ3v) is 8.91. The molecule has 0 bridgehead atoms. The van der Waals surface area contributed by atoms with Crippen LogP contribution in [0.1, 0.15) is 44.7 Å². The molecule has 0 aliphatic heterocycles. The first-order valence-corrected chi connectivity index (χ1v) is 15.4. The van der Waals surface area contributed by atoms with Crippen LogP contribution in [0.15, 0.2) is 83.8 Å². The highest BCUT2D eigenvalue weighted by molar-refractivity contribution is 7.92. The molecule has 3 aromatic rings. The van der Waals surface area contributed by atoms with Gasteiger partial charge in [0.25, 0.3) is 10.0 Å². The van der Waals surface area contributed by atoms with Crippen molar-refractivity contribution in [2.45, 2.75) is 63.9 Å². The maximum atomic E-state index is 14.1. The number of nitrogens with one attached hydrogen (secondary N) is 1. The van der Waals surface area contributed by atoms with Gasteiger partial charge in [-0.1, -0.05) is 61.9 Å². The summed E-state index contributed by atoms with van der Waals surface area (Å²) >= 11 is 0. The monoisotopic (exact) mass is 579 g/mol. The molecule has 0 saturated heterocycles. The molecule has 0 aliphatic rings. The van der Waals surface area contributed by atoms with Crippen molar-refractivity contribution in [1.29, 1.82) is 0 Å². The number of aryl methyl sites for hydroxylation is 1. The van der Waals surface area contributed by atoms with Crippen molar-refractivity contribution in [3.05, 3.63) is 90.0 Å². The molecule has 220 valence electrons. The molecule has 0 saturated carbocycles. The van der Waals surface area contributed by atoms with Crippen molar-refractivity contribution >= 4 is 27.5 Å². The predicted molar refractivity (Wildman–Crippen MR) is 163 cm³/mol. The first-order valence-electron chi connectivity index (χ1n) is 14.0. The lowest BCUT2D eigenvalue weighted by molar-refractivity contribution is -0.139. The minimum Gasteiger partial charge on any atom is -0.497 e. The zero-order chi connectivity index (χ0) is 30.0. The second-order valence-corrected chi connectivity index (χ2v) is 11.9. The van der Waals surface area contributed by atoms with Crippen LogP contribution in [-0.4, -0.2) is 57.4 Å². The van der Waals surface area contributed by atoms with Crippen LogP contribution < -0.4 is 14.4 Å². The molecule has 8 nitrogen and oxygen atoms in total. The van der Waals surface area contributed by atoms with Gasteiger partial charge in [0, 0.05) is 12.6 Å². The van der Waals surface area contributed by atoms with E-state index in [0.29, 0.717) is 24.3 Å². The third kappa shape index (κ3) is 8.33. The van der Waals surface area contributed by atoms with Gasteiger partial charge < -0.3 is 15.0 Å². The summed E-state index contributed by atoms with van der Waals surface area (Å²) in [5.74, 6) is -0.149. The van der Waals surface area contributed by atoms with Crippen molar-refractivity contribution in [2.24, 2.45) is 0 Å². The number of carbonyl (C=O) groups excluding carboxylic acids is 2. The van der Waals surface area contributed by atoms with Crippen LogP contribution in [0.4, 0.5) is 5.69 Å². The molecule has 1 N–H and O–H groups in total. The average molecular weight is 580 g/mol. The maximum Gasteiger partial charge on any atom is 0.264 e. The molecule has 0 aliphatic carbocycles. The number of hydrogen-bond acceptors (Lipinski definition) is 5. The van der Waals surface area contributed by atoms with Crippen molar-refractivity contribution in [1.82, 2.24) is 10.2 Å². The number of nitrogens with zero attached hydrogens (tertiary/aromatic N) is 2. The van der Waals surface area contributed by atoms with Gasteiger partial charge in [0.1, 0.15) is 18.3 Å². The summed E-state index contributed by atoms with van der Waals surface area (Å²) in [6.45, 7) is 7.42. The molecule has 0 unspecified atom stereocenters. The topological polar surface area (TPSA) is 96.0 Å². The quantitative estimate of drug-likeness (QED) is 0.291. The van der Waals surface area contributed by atoms with Gasteiger partial charge in [0.05, 0.1) is 17.7 Å². The zero-order valence-electron chi connectivity index (χ0n) is 24.5. The summed E-state index contributed by atoms with van der Waals surface area (Å²) in [6, 6.07) is 21.9. The Morgan fingerprint density at radius 1 is 0.902 bits per heavy atom. The van der Waals surface area contributed by atoms with Crippen LogP contribution in [0, 0.1) is 6.92 Å². The Labute approximate surface area is 244 Å². The van der Waals surface area contributed by atoms with E-state index in [2.05, 4.69) is 5.32 Å². The SMILES string of the molecule is CC[C@@H](C)NC(=O)[C@@H](CC)N(CCc1ccccc1)C(=O)CN(c1ccc(OC)cc1)S(=O)(=O)c1ccc(C)cc1. The molecule has 0 radical (unpaired) electrons. The van der Waals surface area contributed by atoms with Gasteiger partial charge in [-0.2, -0.15) is 0 Å². The normalized spacial score (nSPS) is 12.7. The molecular formula is C32H41N3O5S. The second kappa shape index (κ2) is 14.7. The number of benzene rings is 3. The summed E-state index contributed by atoms with van der Waals surface area (Å²) in [7, 11) is -2.59. The first kappa shape index (κ1) is 31.7. The third-order valence-electron chi connectivity index (χ3n) is 7.12. The highest BCUT2D eigenvalue weighted by atomic mass is 32.2. The van der Waals surface area contributed by atoms with E-state index >= 15 is 0 Å². The smallest absolute Gasteiger partial charge is 0.264 e. The van der Waals surface area contributed by atoms with E-state index in [1.54, 1.807) is 36.4 Å². The van der Waals surface area contributed by atoms with Gasteiger partial charge in [0.15, 0.2) is 0 Å². The lowest BCUT2D eigenvalue weighted by Gasteiger charge is -2.33. The largest absolute Gasteiger partial charge is 0.497 e. The number of hydrogen-bond donors (Lipinski definition) is 1. The van der Waals surface area contributed by atoms with E-state index in [-0.39, 0.29) is 23.4 Å². The Balaban J connectivity index is 2.01. The number of methoxy groups -OCH3 is 1. The second-order valence-electron chi connectivity index (χ2n) is 10.1. The van der Waals surface area contributed by atoms with Crippen LogP contribution >= 0.6 is 0 Å². The highest BCUT2D eigenvalue weighted by Crippen LogP contribution is 2.26. The molecule has 3 aromatic carbocycles. The van der Waals surface area contributed by atoms with Gasteiger partial charge in [-0.3, -0.25) is 13.9 Å². The minimum atomic E-state index is -4.12. The molecular weight excluding hydrogens is 538 g/mol. The van der Waals surface area contributed by atoms with E-state index in [4.69, 9.17) is 4.74 Å². The van der Waals surface area contributed by atoms with Gasteiger partial charge in [-0.05, 0) is 75.1 Å². The van der Waals surface area contributed by atoms with E-state index < -0.39 is 28.5 Å². The van der Waals surface area contributed by atoms with E-state index in [9.17, 15) is 18.0 Å². The van der Waals surface area contributed by atoms with Crippen molar-refractivity contribution in [3.8, 4) is 5.75 Å². The molecule has 2 amide bonds. The fourth-order valence-electron chi connectivity index (χ4n) is 4.45. The number of rotatable bonds is 14. The molecule has 0 heterocycles. The standard InChI is InChI=1S/C32H41N3O5S/c1-6-25(4)33-32(37)30(7-2)34(22-21-26-11-9-8-10-12-26)31(36)23-35(27-15-17-28(40-5)18-16-27)41(38,39)29-19-13-24(3)14-20-29/h8-20,25,30H,6-7,21-23H2,1-5H3,(H,33,37)/t25-,30-/m1/s1. The maximum absolute atomic E-state index is 14.1. The molecule has 2 atom stereocenters. The molecule has 0 aromatic heterocycles. The Kier molecular flexibility index (Phi) is 11.3. The summed E-state index contributed by atoms with van der Waals surface area (Å²) < 4.78 is 34.2. The predicted octanol–water partition coefficient (Wildman–Crippen LogP) is 4.96. The Morgan fingerprint density at radius 3 is 2.10 bits per heavy atom. The van der Waals surface area contributed by atoms with Gasteiger partial charge in [-0.15, -0.1) is 0 Å². The minimum absolute atomic E-state index is 0.0552. The van der Waals surface area contributed by atoms with E-state index in [1.807, 2.05) is 58.0 Å². The lowest BCUT2D eigenvalue weighted by Crippen LogP contribution is -2.54. The number of ether oxygens (including phenoxy) is 1. The van der Waals surface area contributed by atoms with E-state index in [0.717, 1.165) is 21.9 Å². The van der Waals surface area contributed by atoms with Crippen LogP contribution in [0.3, 0.4) is 0 Å². The van der Waals surface area contributed by atoms with Crippen LogP contribution in [-0.2, 0) is 26.0 Å². The van der Waals surface area contributed by atoms with Crippen molar-refractivity contribution < 1.29 is 22.7 Å². The average Bonchev–Trinajstić information content (AvgIpc) is 2.98. The Bertz CT molecular complexity index is 1380. The molecule has 0 spiro atoms. The number of amides is 2. The zero-order valence-corrected chi connectivity index (χ0v) is 25.4. The number of carbonyl (C=O) groups is 2. The molecule has 0 fully saturated rings. The molecule has 41 heavy (non-hydrogen) atoms. The van der Waals surface area contributed by atoms with Crippen LogP contribution in [0.25, 0.3) is 0 Å². The first-order chi connectivity index (χ1) is 19.6. The van der Waals surface area contributed by atoms with Gasteiger partial charge in [-0.25, -0.2) is 8.42 Å². The summed E-state index contributed by atoms with van der Waals surface area (Å²) in [6.07, 6.45) is 1.66. The summed E-state index contributed by atoms with van der Waals surface area (Å²) in [4.78, 5) is 29.0. The summed E-state index contributed by atoms with van der Waals surface area (Å²) in [5, 5.41) is 2.99.